The number of halogens is 3. The lowest BCUT2D eigenvalue weighted by atomic mass is 10.2. The number of thiophene rings is 1. The molecule has 0 aliphatic rings. The molecule has 0 aliphatic heterocycles. The Hall–Kier alpha value is -1.57. The summed E-state index contributed by atoms with van der Waals surface area (Å²) in [7, 11) is 0. The van der Waals surface area contributed by atoms with Crippen molar-refractivity contribution in [3.8, 4) is 0 Å². The lowest BCUT2D eigenvalue weighted by Crippen LogP contribution is -2.27. The maximum Gasteiger partial charge on any atom is 0.412 e. The van der Waals surface area contributed by atoms with Gasteiger partial charge in [-0.3, -0.25) is 10.1 Å². The Bertz CT molecular complexity index is 503. The molecule has 1 rings (SSSR count). The maximum absolute atomic E-state index is 12.3. The largest absolute Gasteiger partial charge is 0.444 e. The van der Waals surface area contributed by atoms with Crippen molar-refractivity contribution in [2.75, 3.05) is 5.32 Å². The molecule has 0 aliphatic carbocycles. The summed E-state index contributed by atoms with van der Waals surface area (Å²) in [5, 5.41) is 2.27. The molecule has 0 bridgehead atoms. The van der Waals surface area contributed by atoms with Crippen LogP contribution in [0.5, 0.6) is 0 Å². The van der Waals surface area contributed by atoms with Gasteiger partial charge in [-0.25, -0.2) is 4.79 Å². The Kier molecular flexibility index (Phi) is 4.80. The van der Waals surface area contributed by atoms with Crippen molar-refractivity contribution >= 4 is 29.4 Å². The van der Waals surface area contributed by atoms with E-state index in [-0.39, 0.29) is 15.4 Å². The van der Waals surface area contributed by atoms with Crippen LogP contribution in [0.1, 0.15) is 35.3 Å². The molecule has 0 saturated heterocycles. The van der Waals surface area contributed by atoms with Crippen molar-refractivity contribution in [2.24, 2.45) is 0 Å². The monoisotopic (exact) mass is 309 g/mol. The van der Waals surface area contributed by atoms with Crippen LogP contribution in [0.2, 0.25) is 0 Å². The molecule has 0 aromatic carbocycles. The van der Waals surface area contributed by atoms with E-state index < -0.39 is 24.3 Å². The third-order valence-corrected chi connectivity index (χ3v) is 2.99. The summed E-state index contributed by atoms with van der Waals surface area (Å²) in [6, 6.07) is 1.13. The van der Waals surface area contributed by atoms with E-state index in [1.54, 1.807) is 20.8 Å². The number of hydrogen-bond acceptors (Lipinski definition) is 4. The molecule has 1 aromatic rings. The molecular formula is C12H14F3NO3S. The highest BCUT2D eigenvalue weighted by atomic mass is 32.1. The maximum atomic E-state index is 12.3. The third kappa shape index (κ3) is 5.60. The van der Waals surface area contributed by atoms with E-state index in [4.69, 9.17) is 4.74 Å². The van der Waals surface area contributed by atoms with Gasteiger partial charge in [0.25, 0.3) is 0 Å². The second-order valence-electron chi connectivity index (χ2n) is 5.03. The average molecular weight is 309 g/mol. The first kappa shape index (κ1) is 16.5. The number of carbonyl (C=O) groups is 2. The van der Waals surface area contributed by atoms with Gasteiger partial charge in [0.2, 0.25) is 0 Å². The number of aldehydes is 1. The van der Waals surface area contributed by atoms with Crippen molar-refractivity contribution in [3.05, 3.63) is 15.8 Å². The Morgan fingerprint density at radius 3 is 2.45 bits per heavy atom. The van der Waals surface area contributed by atoms with E-state index in [2.05, 4.69) is 5.32 Å². The van der Waals surface area contributed by atoms with Gasteiger partial charge in [0, 0.05) is 4.88 Å². The van der Waals surface area contributed by atoms with Crippen LogP contribution in [0.15, 0.2) is 6.07 Å². The van der Waals surface area contributed by atoms with Gasteiger partial charge in [0.15, 0.2) is 6.29 Å². The Morgan fingerprint density at radius 1 is 1.40 bits per heavy atom. The van der Waals surface area contributed by atoms with Crippen LogP contribution in [0.25, 0.3) is 0 Å². The second kappa shape index (κ2) is 5.82. The molecule has 1 amide bonds. The van der Waals surface area contributed by atoms with Gasteiger partial charge in [-0.1, -0.05) is 0 Å². The lowest BCUT2D eigenvalue weighted by Gasteiger charge is -2.19. The quantitative estimate of drug-likeness (QED) is 0.858. The first-order valence-corrected chi connectivity index (χ1v) is 6.46. The highest BCUT2D eigenvalue weighted by Gasteiger charge is 2.29. The SMILES string of the molecule is CC(C)(C)OC(=O)Nc1cc(CC(F)(F)F)sc1C=O. The highest BCUT2D eigenvalue weighted by Crippen LogP contribution is 2.31. The highest BCUT2D eigenvalue weighted by molar-refractivity contribution is 7.14. The average Bonchev–Trinajstić information content (AvgIpc) is 2.53. The predicted molar refractivity (Wildman–Crippen MR) is 69.3 cm³/mol. The molecule has 0 saturated carbocycles. The molecule has 0 spiro atoms. The molecule has 20 heavy (non-hydrogen) atoms. The standard InChI is InChI=1S/C12H14F3NO3S/c1-11(2,3)19-10(18)16-8-4-7(5-12(13,14)15)20-9(8)6-17/h4,6H,5H2,1-3H3,(H,16,18). The Balaban J connectivity index is 2.84. The lowest BCUT2D eigenvalue weighted by molar-refractivity contribution is -0.126. The van der Waals surface area contributed by atoms with Crippen LogP contribution in [0.3, 0.4) is 0 Å². The summed E-state index contributed by atoms with van der Waals surface area (Å²) < 4.78 is 41.8. The minimum Gasteiger partial charge on any atom is -0.444 e. The molecule has 1 aromatic heterocycles. The fourth-order valence-electron chi connectivity index (χ4n) is 1.34. The van der Waals surface area contributed by atoms with Crippen molar-refractivity contribution in [1.82, 2.24) is 0 Å². The number of nitrogens with one attached hydrogen (secondary N) is 1. The van der Waals surface area contributed by atoms with Gasteiger partial charge in [-0.15, -0.1) is 11.3 Å². The topological polar surface area (TPSA) is 55.4 Å². The number of carbonyl (C=O) groups excluding carboxylic acids is 2. The van der Waals surface area contributed by atoms with Gasteiger partial charge in [-0.05, 0) is 26.8 Å². The minimum absolute atomic E-state index is 0.0232. The van der Waals surface area contributed by atoms with Crippen molar-refractivity contribution in [1.29, 1.82) is 0 Å². The zero-order chi connectivity index (χ0) is 15.6. The molecule has 0 radical (unpaired) electrons. The normalized spacial score (nSPS) is 12.1. The molecule has 4 nitrogen and oxygen atoms in total. The fraction of sp³-hybridized carbons (Fsp3) is 0.500. The zero-order valence-electron chi connectivity index (χ0n) is 11.1. The molecule has 8 heteroatoms. The number of amides is 1. The van der Waals surface area contributed by atoms with Crippen molar-refractivity contribution in [3.63, 3.8) is 0 Å². The van der Waals surface area contributed by atoms with E-state index in [0.717, 1.165) is 6.07 Å². The summed E-state index contributed by atoms with van der Waals surface area (Å²) in [5.41, 5.74) is -0.713. The van der Waals surface area contributed by atoms with Crippen molar-refractivity contribution < 1.29 is 27.5 Å². The van der Waals surface area contributed by atoms with Crippen LogP contribution >= 0.6 is 11.3 Å². The number of hydrogen-bond donors (Lipinski definition) is 1. The molecule has 1 N–H and O–H groups in total. The molecule has 0 unspecified atom stereocenters. The first-order chi connectivity index (χ1) is 9.00. The van der Waals surface area contributed by atoms with Crippen LogP contribution in [-0.4, -0.2) is 24.2 Å². The van der Waals surface area contributed by atoms with Crippen LogP contribution in [0.4, 0.5) is 23.7 Å². The van der Waals surface area contributed by atoms with E-state index in [1.807, 2.05) is 0 Å². The molecule has 0 fully saturated rings. The van der Waals surface area contributed by atoms with E-state index in [9.17, 15) is 22.8 Å². The van der Waals surface area contributed by atoms with Crippen LogP contribution in [-0.2, 0) is 11.2 Å². The minimum atomic E-state index is -4.37. The summed E-state index contributed by atoms with van der Waals surface area (Å²) in [6.07, 6.45) is -5.93. The fourth-order valence-corrected chi connectivity index (χ4v) is 2.30. The molecule has 112 valence electrons. The van der Waals surface area contributed by atoms with E-state index in [1.165, 1.54) is 0 Å². The van der Waals surface area contributed by atoms with Crippen molar-refractivity contribution in [2.45, 2.75) is 39.0 Å². The number of ether oxygens (including phenoxy) is 1. The number of alkyl halides is 3. The smallest absolute Gasteiger partial charge is 0.412 e. The summed E-state index contributed by atoms with van der Waals surface area (Å²) in [5.74, 6) is 0. The predicted octanol–water partition coefficient (Wildman–Crippen LogP) is 4.01. The third-order valence-electron chi connectivity index (χ3n) is 1.93. The van der Waals surface area contributed by atoms with E-state index in [0.29, 0.717) is 17.6 Å². The summed E-state index contributed by atoms with van der Waals surface area (Å²) in [4.78, 5) is 22.3. The molecular weight excluding hydrogens is 295 g/mol. The Morgan fingerprint density at radius 2 is 2.00 bits per heavy atom. The van der Waals surface area contributed by atoms with Gasteiger partial charge >= 0.3 is 12.3 Å². The van der Waals surface area contributed by atoms with Gasteiger partial charge in [0.1, 0.15) is 5.60 Å². The van der Waals surface area contributed by atoms with Crippen LogP contribution in [0, 0.1) is 0 Å². The van der Waals surface area contributed by atoms with Gasteiger partial charge in [0.05, 0.1) is 17.0 Å². The van der Waals surface area contributed by atoms with E-state index >= 15 is 0 Å². The number of rotatable bonds is 3. The zero-order valence-corrected chi connectivity index (χ0v) is 11.9. The van der Waals surface area contributed by atoms with Gasteiger partial charge in [-0.2, -0.15) is 13.2 Å². The number of anilines is 1. The molecule has 1 heterocycles. The molecule has 0 atom stereocenters. The first-order valence-electron chi connectivity index (χ1n) is 5.65. The summed E-state index contributed by atoms with van der Waals surface area (Å²) in [6.45, 7) is 4.95. The van der Waals surface area contributed by atoms with Crippen LogP contribution < -0.4 is 5.32 Å². The second-order valence-corrected chi connectivity index (χ2v) is 6.20. The Labute approximate surface area is 117 Å². The van der Waals surface area contributed by atoms with Gasteiger partial charge < -0.3 is 4.74 Å². The summed E-state index contributed by atoms with van der Waals surface area (Å²) >= 11 is 0.688.